The lowest BCUT2D eigenvalue weighted by atomic mass is 10.2. The van der Waals surface area contributed by atoms with Crippen LogP contribution in [-0.4, -0.2) is 25.2 Å². The summed E-state index contributed by atoms with van der Waals surface area (Å²) in [6, 6.07) is 14.7. The molecule has 0 heterocycles. The van der Waals surface area contributed by atoms with E-state index in [4.69, 9.17) is 9.47 Å². The summed E-state index contributed by atoms with van der Waals surface area (Å²) in [5.41, 5.74) is 1.66. The minimum absolute atomic E-state index is 0.103. The summed E-state index contributed by atoms with van der Waals surface area (Å²) in [6.07, 6.45) is 1.68. The van der Waals surface area contributed by atoms with Crippen LogP contribution in [0.5, 0.6) is 11.5 Å². The van der Waals surface area contributed by atoms with E-state index in [-0.39, 0.29) is 11.9 Å². The first-order valence-corrected chi connectivity index (χ1v) is 7.93. The molecule has 0 saturated carbocycles. The van der Waals surface area contributed by atoms with Gasteiger partial charge in [-0.2, -0.15) is 0 Å². The number of hydrogen-bond donors (Lipinski definition) is 1. The molecule has 0 fully saturated rings. The van der Waals surface area contributed by atoms with Gasteiger partial charge in [0.2, 0.25) is 0 Å². The fourth-order valence-corrected chi connectivity index (χ4v) is 2.14. The van der Waals surface area contributed by atoms with E-state index >= 15 is 0 Å². The van der Waals surface area contributed by atoms with Gasteiger partial charge in [0.15, 0.2) is 0 Å². The van der Waals surface area contributed by atoms with Crippen molar-refractivity contribution in [1.29, 1.82) is 0 Å². The Labute approximate surface area is 143 Å². The van der Waals surface area contributed by atoms with Crippen LogP contribution >= 0.6 is 0 Å². The van der Waals surface area contributed by atoms with Gasteiger partial charge in [-0.3, -0.25) is 4.79 Å². The van der Waals surface area contributed by atoms with Gasteiger partial charge in [0.25, 0.3) is 5.91 Å². The maximum absolute atomic E-state index is 12.2. The highest BCUT2D eigenvalue weighted by atomic mass is 16.5. The van der Waals surface area contributed by atoms with Crippen molar-refractivity contribution in [3.8, 4) is 11.5 Å². The van der Waals surface area contributed by atoms with Crippen LogP contribution in [0.3, 0.4) is 0 Å². The molecule has 2 rings (SSSR count). The van der Waals surface area contributed by atoms with E-state index in [0.717, 1.165) is 11.3 Å². The number of aryl methyl sites for hydroxylation is 1. The number of amides is 1. The lowest BCUT2D eigenvalue weighted by molar-refractivity contribution is 0.0926. The smallest absolute Gasteiger partial charge is 0.251 e. The Balaban J connectivity index is 1.84. The van der Waals surface area contributed by atoms with Crippen molar-refractivity contribution in [3.05, 3.63) is 72.3 Å². The zero-order valence-electron chi connectivity index (χ0n) is 14.1. The molecule has 2 aromatic carbocycles. The molecule has 1 atom stereocenters. The molecule has 0 radical (unpaired) electrons. The van der Waals surface area contributed by atoms with Gasteiger partial charge in [-0.25, -0.2) is 0 Å². The standard InChI is InChI=1S/C20H23NO3/c1-4-13-23-18-11-9-17(10-12-18)20(22)21-16(3)14-24-19-8-6-5-7-15(19)2/h4-12,16H,1,13-14H2,2-3H3,(H,21,22)/t16-/m0/s1. The van der Waals surface area contributed by atoms with Gasteiger partial charge in [0.05, 0.1) is 6.04 Å². The Hall–Kier alpha value is -2.75. The maximum atomic E-state index is 12.2. The van der Waals surface area contributed by atoms with Crippen LogP contribution in [0.1, 0.15) is 22.8 Å². The first-order chi connectivity index (χ1) is 11.6. The van der Waals surface area contributed by atoms with Crippen molar-refractivity contribution in [2.24, 2.45) is 0 Å². The largest absolute Gasteiger partial charge is 0.491 e. The predicted molar refractivity (Wildman–Crippen MR) is 95.7 cm³/mol. The summed E-state index contributed by atoms with van der Waals surface area (Å²) < 4.78 is 11.2. The fourth-order valence-electron chi connectivity index (χ4n) is 2.14. The average molecular weight is 325 g/mol. The average Bonchev–Trinajstić information content (AvgIpc) is 2.59. The molecule has 0 aliphatic heterocycles. The van der Waals surface area contributed by atoms with Crippen molar-refractivity contribution in [1.82, 2.24) is 5.32 Å². The van der Waals surface area contributed by atoms with Crippen molar-refractivity contribution in [3.63, 3.8) is 0 Å². The van der Waals surface area contributed by atoms with E-state index in [2.05, 4.69) is 11.9 Å². The van der Waals surface area contributed by atoms with E-state index in [1.165, 1.54) is 0 Å². The highest BCUT2D eigenvalue weighted by Crippen LogP contribution is 2.16. The monoisotopic (exact) mass is 325 g/mol. The number of ether oxygens (including phenoxy) is 2. The first-order valence-electron chi connectivity index (χ1n) is 7.93. The van der Waals surface area contributed by atoms with Crippen LogP contribution in [0.4, 0.5) is 0 Å². The molecule has 0 aromatic heterocycles. The third-order valence-electron chi connectivity index (χ3n) is 3.44. The molecule has 24 heavy (non-hydrogen) atoms. The number of rotatable bonds is 8. The molecule has 126 valence electrons. The third kappa shape index (κ3) is 5.16. The number of carbonyl (C=O) groups excluding carboxylic acids is 1. The van der Waals surface area contributed by atoms with Gasteiger partial charge in [-0.1, -0.05) is 30.9 Å². The van der Waals surface area contributed by atoms with E-state index in [0.29, 0.717) is 24.5 Å². The molecule has 4 heteroatoms. The summed E-state index contributed by atoms with van der Waals surface area (Å²) in [6.45, 7) is 8.36. The van der Waals surface area contributed by atoms with E-state index in [1.807, 2.05) is 38.1 Å². The topological polar surface area (TPSA) is 47.6 Å². The van der Waals surface area contributed by atoms with Crippen molar-refractivity contribution >= 4 is 5.91 Å². The Morgan fingerprint density at radius 3 is 2.54 bits per heavy atom. The molecule has 1 amide bonds. The normalized spacial score (nSPS) is 11.4. The molecule has 0 saturated heterocycles. The van der Waals surface area contributed by atoms with Crippen molar-refractivity contribution in [2.75, 3.05) is 13.2 Å². The fraction of sp³-hybridized carbons (Fsp3) is 0.250. The molecule has 0 bridgehead atoms. The number of carbonyl (C=O) groups is 1. The summed E-state index contributed by atoms with van der Waals surface area (Å²) in [7, 11) is 0. The predicted octanol–water partition coefficient (Wildman–Crippen LogP) is 3.76. The molecule has 2 aromatic rings. The quantitative estimate of drug-likeness (QED) is 0.752. The highest BCUT2D eigenvalue weighted by molar-refractivity contribution is 5.94. The lowest BCUT2D eigenvalue weighted by Crippen LogP contribution is -2.36. The molecular formula is C20H23NO3. The molecule has 0 aliphatic carbocycles. The molecule has 4 nitrogen and oxygen atoms in total. The second kappa shape index (κ2) is 8.77. The number of hydrogen-bond acceptors (Lipinski definition) is 3. The minimum Gasteiger partial charge on any atom is -0.491 e. The lowest BCUT2D eigenvalue weighted by Gasteiger charge is -2.16. The molecular weight excluding hydrogens is 302 g/mol. The van der Waals surface area contributed by atoms with Gasteiger partial charge in [0.1, 0.15) is 24.7 Å². The molecule has 0 aliphatic rings. The van der Waals surface area contributed by atoms with Crippen LogP contribution < -0.4 is 14.8 Å². The summed E-state index contributed by atoms with van der Waals surface area (Å²) in [5, 5.41) is 2.93. The maximum Gasteiger partial charge on any atom is 0.251 e. The number of para-hydroxylation sites is 1. The van der Waals surface area contributed by atoms with Gasteiger partial charge in [0, 0.05) is 5.56 Å². The Bertz CT molecular complexity index is 680. The van der Waals surface area contributed by atoms with Crippen LogP contribution in [0.15, 0.2) is 61.2 Å². The van der Waals surface area contributed by atoms with Crippen molar-refractivity contribution in [2.45, 2.75) is 19.9 Å². The molecule has 1 N–H and O–H groups in total. The minimum atomic E-state index is -0.133. The zero-order valence-corrected chi connectivity index (χ0v) is 14.1. The molecule has 0 spiro atoms. The van der Waals surface area contributed by atoms with Gasteiger partial charge >= 0.3 is 0 Å². The van der Waals surface area contributed by atoms with Crippen LogP contribution in [0.2, 0.25) is 0 Å². The van der Waals surface area contributed by atoms with E-state index < -0.39 is 0 Å². The molecule has 0 unspecified atom stereocenters. The second-order valence-corrected chi connectivity index (χ2v) is 5.58. The number of benzene rings is 2. The van der Waals surface area contributed by atoms with Crippen LogP contribution in [0.25, 0.3) is 0 Å². The third-order valence-corrected chi connectivity index (χ3v) is 3.44. The Kier molecular flexibility index (Phi) is 6.43. The summed E-state index contributed by atoms with van der Waals surface area (Å²) in [5.74, 6) is 1.41. The van der Waals surface area contributed by atoms with Crippen molar-refractivity contribution < 1.29 is 14.3 Å². The van der Waals surface area contributed by atoms with Gasteiger partial charge in [-0.05, 0) is 49.7 Å². The van der Waals surface area contributed by atoms with Gasteiger partial charge in [-0.15, -0.1) is 0 Å². The Morgan fingerprint density at radius 2 is 1.88 bits per heavy atom. The Morgan fingerprint density at radius 1 is 1.17 bits per heavy atom. The van der Waals surface area contributed by atoms with Gasteiger partial charge < -0.3 is 14.8 Å². The zero-order chi connectivity index (χ0) is 17.4. The van der Waals surface area contributed by atoms with E-state index in [1.54, 1.807) is 30.3 Å². The van der Waals surface area contributed by atoms with Crippen LogP contribution in [-0.2, 0) is 0 Å². The van der Waals surface area contributed by atoms with E-state index in [9.17, 15) is 4.79 Å². The second-order valence-electron chi connectivity index (χ2n) is 5.58. The summed E-state index contributed by atoms with van der Waals surface area (Å²) >= 11 is 0. The van der Waals surface area contributed by atoms with Crippen LogP contribution in [0, 0.1) is 6.92 Å². The number of nitrogens with one attached hydrogen (secondary N) is 1. The highest BCUT2D eigenvalue weighted by Gasteiger charge is 2.11. The SMILES string of the molecule is C=CCOc1ccc(C(=O)N[C@@H](C)COc2ccccc2C)cc1. The first kappa shape index (κ1) is 17.6. The summed E-state index contributed by atoms with van der Waals surface area (Å²) in [4.78, 5) is 12.2.